The number of piperazine rings is 1. The second kappa shape index (κ2) is 9.92. The average Bonchev–Trinajstić information content (AvgIpc) is 3.27. The van der Waals surface area contributed by atoms with E-state index in [1.807, 2.05) is 0 Å². The molecule has 166 valence electrons. The molecule has 3 aromatic rings. The standard InChI is InChI=1S/C22H21F2N5O2S/c23-16-7-5-15(6-8-16)13-25-20(30)21-27-26-19(32-21)14-28-9-11-29(12-10-28)22(31)17-3-1-2-4-18(17)24/h1-8H,9-14H2,(H,25,30). The number of nitrogens with one attached hydrogen (secondary N) is 1. The molecule has 4 rings (SSSR count). The molecule has 1 saturated heterocycles. The molecule has 0 bridgehead atoms. The minimum absolute atomic E-state index is 0.0846. The van der Waals surface area contributed by atoms with E-state index in [9.17, 15) is 18.4 Å². The van der Waals surface area contributed by atoms with Gasteiger partial charge in [-0.05, 0) is 29.8 Å². The first-order valence-electron chi connectivity index (χ1n) is 10.1. The van der Waals surface area contributed by atoms with Crippen LogP contribution in [-0.2, 0) is 13.1 Å². The normalized spacial score (nSPS) is 14.4. The molecule has 0 aliphatic carbocycles. The number of halogens is 2. The van der Waals surface area contributed by atoms with Gasteiger partial charge in [0.1, 0.15) is 16.6 Å². The quantitative estimate of drug-likeness (QED) is 0.616. The molecule has 1 fully saturated rings. The molecule has 0 atom stereocenters. The lowest BCUT2D eigenvalue weighted by Crippen LogP contribution is -2.48. The maximum atomic E-state index is 13.9. The highest BCUT2D eigenvalue weighted by atomic mass is 32.1. The first-order chi connectivity index (χ1) is 15.5. The zero-order valence-corrected chi connectivity index (χ0v) is 17.9. The molecule has 0 radical (unpaired) electrons. The molecular formula is C22H21F2N5O2S. The van der Waals surface area contributed by atoms with Crippen LogP contribution in [0.3, 0.4) is 0 Å². The van der Waals surface area contributed by atoms with Crippen LogP contribution in [0, 0.1) is 11.6 Å². The van der Waals surface area contributed by atoms with E-state index >= 15 is 0 Å². The van der Waals surface area contributed by atoms with Gasteiger partial charge in [0.15, 0.2) is 0 Å². The lowest BCUT2D eigenvalue weighted by Gasteiger charge is -2.34. The van der Waals surface area contributed by atoms with Crippen molar-refractivity contribution in [2.24, 2.45) is 0 Å². The van der Waals surface area contributed by atoms with E-state index in [0.29, 0.717) is 37.7 Å². The molecule has 2 aromatic carbocycles. The minimum atomic E-state index is -0.515. The molecule has 0 unspecified atom stereocenters. The fourth-order valence-electron chi connectivity index (χ4n) is 3.37. The Morgan fingerprint density at radius 2 is 1.69 bits per heavy atom. The van der Waals surface area contributed by atoms with Crippen molar-refractivity contribution in [3.05, 3.63) is 81.3 Å². The number of carbonyl (C=O) groups is 2. The van der Waals surface area contributed by atoms with E-state index in [1.165, 1.54) is 35.6 Å². The number of aromatic nitrogens is 2. The van der Waals surface area contributed by atoms with Crippen LogP contribution in [0.1, 0.15) is 30.7 Å². The smallest absolute Gasteiger partial charge is 0.282 e. The number of amides is 2. The van der Waals surface area contributed by atoms with Crippen LogP contribution in [0.4, 0.5) is 8.78 Å². The van der Waals surface area contributed by atoms with E-state index in [2.05, 4.69) is 20.4 Å². The molecule has 1 aliphatic rings. The molecule has 1 N–H and O–H groups in total. The van der Waals surface area contributed by atoms with Gasteiger partial charge in [-0.15, -0.1) is 10.2 Å². The van der Waals surface area contributed by atoms with Crippen molar-refractivity contribution in [2.45, 2.75) is 13.1 Å². The highest BCUT2D eigenvalue weighted by molar-refractivity contribution is 7.13. The van der Waals surface area contributed by atoms with E-state index < -0.39 is 5.82 Å². The lowest BCUT2D eigenvalue weighted by molar-refractivity contribution is 0.0623. The molecule has 1 aromatic heterocycles. The van der Waals surface area contributed by atoms with Crippen LogP contribution in [0.5, 0.6) is 0 Å². The Kier molecular flexibility index (Phi) is 6.81. The SMILES string of the molecule is O=C(NCc1ccc(F)cc1)c1nnc(CN2CCN(C(=O)c3ccccc3F)CC2)s1. The van der Waals surface area contributed by atoms with Crippen molar-refractivity contribution in [3.8, 4) is 0 Å². The van der Waals surface area contributed by atoms with Crippen LogP contribution in [0.15, 0.2) is 48.5 Å². The zero-order valence-electron chi connectivity index (χ0n) is 17.1. The Labute approximate surface area is 187 Å². The van der Waals surface area contributed by atoms with E-state index in [-0.39, 0.29) is 34.7 Å². The van der Waals surface area contributed by atoms with Crippen LogP contribution in [0.2, 0.25) is 0 Å². The van der Waals surface area contributed by atoms with Gasteiger partial charge in [-0.2, -0.15) is 0 Å². The summed E-state index contributed by atoms with van der Waals surface area (Å²) in [6.45, 7) is 2.99. The van der Waals surface area contributed by atoms with E-state index in [1.54, 1.807) is 29.2 Å². The van der Waals surface area contributed by atoms with Crippen molar-refractivity contribution < 1.29 is 18.4 Å². The summed E-state index contributed by atoms with van der Waals surface area (Å²) in [7, 11) is 0. The molecule has 0 saturated carbocycles. The number of hydrogen-bond acceptors (Lipinski definition) is 6. The molecule has 2 amide bonds. The summed E-state index contributed by atoms with van der Waals surface area (Å²) in [4.78, 5) is 28.6. The Hall–Kier alpha value is -3.24. The molecule has 2 heterocycles. The topological polar surface area (TPSA) is 78.4 Å². The summed E-state index contributed by atoms with van der Waals surface area (Å²) in [5.41, 5.74) is 0.869. The van der Waals surface area contributed by atoms with Gasteiger partial charge in [0.25, 0.3) is 11.8 Å². The first kappa shape index (κ1) is 22.0. The summed E-state index contributed by atoms with van der Waals surface area (Å²) in [6, 6.07) is 11.9. The summed E-state index contributed by atoms with van der Waals surface area (Å²) < 4.78 is 26.8. The first-order valence-corrected chi connectivity index (χ1v) is 10.9. The zero-order chi connectivity index (χ0) is 22.5. The summed E-state index contributed by atoms with van der Waals surface area (Å²) in [5, 5.41) is 11.8. The maximum Gasteiger partial charge on any atom is 0.282 e. The molecule has 32 heavy (non-hydrogen) atoms. The van der Waals surface area contributed by atoms with Gasteiger partial charge in [0.2, 0.25) is 5.01 Å². The van der Waals surface area contributed by atoms with Crippen molar-refractivity contribution in [2.75, 3.05) is 26.2 Å². The van der Waals surface area contributed by atoms with Crippen LogP contribution >= 0.6 is 11.3 Å². The molecular weight excluding hydrogens is 436 g/mol. The van der Waals surface area contributed by atoms with Crippen molar-refractivity contribution >= 4 is 23.2 Å². The van der Waals surface area contributed by atoms with Crippen LogP contribution < -0.4 is 5.32 Å². The van der Waals surface area contributed by atoms with Gasteiger partial charge in [-0.1, -0.05) is 35.6 Å². The third kappa shape index (κ3) is 5.32. The van der Waals surface area contributed by atoms with Gasteiger partial charge in [0, 0.05) is 32.7 Å². The number of nitrogens with zero attached hydrogens (tertiary/aromatic N) is 4. The highest BCUT2D eigenvalue weighted by Gasteiger charge is 2.24. The van der Waals surface area contributed by atoms with Gasteiger partial charge < -0.3 is 10.2 Å². The Balaban J connectivity index is 1.26. The predicted molar refractivity (Wildman–Crippen MR) is 115 cm³/mol. The maximum absolute atomic E-state index is 13.9. The van der Waals surface area contributed by atoms with Crippen LogP contribution in [-0.4, -0.2) is 58.0 Å². The molecule has 10 heteroatoms. The lowest BCUT2D eigenvalue weighted by atomic mass is 10.1. The van der Waals surface area contributed by atoms with Crippen molar-refractivity contribution in [1.82, 2.24) is 25.3 Å². The third-order valence-corrected chi connectivity index (χ3v) is 6.06. The average molecular weight is 458 g/mol. The molecule has 0 spiro atoms. The number of benzene rings is 2. The van der Waals surface area contributed by atoms with Crippen molar-refractivity contribution in [3.63, 3.8) is 0 Å². The number of carbonyl (C=O) groups excluding carboxylic acids is 2. The summed E-state index contributed by atoms with van der Waals surface area (Å²) in [6.07, 6.45) is 0. The highest BCUT2D eigenvalue weighted by Crippen LogP contribution is 2.16. The molecule has 7 nitrogen and oxygen atoms in total. The predicted octanol–water partition coefficient (Wildman–Crippen LogP) is 2.70. The molecule has 1 aliphatic heterocycles. The fraction of sp³-hybridized carbons (Fsp3) is 0.273. The largest absolute Gasteiger partial charge is 0.346 e. The van der Waals surface area contributed by atoms with Gasteiger partial charge >= 0.3 is 0 Å². The van der Waals surface area contributed by atoms with Gasteiger partial charge in [-0.3, -0.25) is 14.5 Å². The third-order valence-electron chi connectivity index (χ3n) is 5.15. The Bertz CT molecular complexity index is 1100. The van der Waals surface area contributed by atoms with Crippen LogP contribution in [0.25, 0.3) is 0 Å². The second-order valence-electron chi connectivity index (χ2n) is 7.36. The van der Waals surface area contributed by atoms with Crippen molar-refractivity contribution in [1.29, 1.82) is 0 Å². The van der Waals surface area contributed by atoms with Gasteiger partial charge in [0.05, 0.1) is 12.1 Å². The Morgan fingerprint density at radius 1 is 0.969 bits per heavy atom. The van der Waals surface area contributed by atoms with Gasteiger partial charge in [-0.25, -0.2) is 8.78 Å². The second-order valence-corrected chi connectivity index (χ2v) is 8.42. The Morgan fingerprint density at radius 3 is 2.41 bits per heavy atom. The fourth-order valence-corrected chi connectivity index (χ4v) is 4.17. The van der Waals surface area contributed by atoms with E-state index in [0.717, 1.165) is 5.56 Å². The summed E-state index contributed by atoms with van der Waals surface area (Å²) in [5.74, 6) is -1.48. The van der Waals surface area contributed by atoms with E-state index in [4.69, 9.17) is 0 Å². The minimum Gasteiger partial charge on any atom is -0.346 e. The summed E-state index contributed by atoms with van der Waals surface area (Å²) >= 11 is 1.21. The number of hydrogen-bond donors (Lipinski definition) is 1. The number of rotatable bonds is 6. The monoisotopic (exact) mass is 457 g/mol.